The van der Waals surface area contributed by atoms with E-state index in [-0.39, 0.29) is 9.56 Å². The molecule has 0 amide bonds. The number of sulfonamides is 1. The van der Waals surface area contributed by atoms with Gasteiger partial charge < -0.3 is 9.52 Å². The Morgan fingerprint density at radius 1 is 1.38 bits per heavy atom. The van der Waals surface area contributed by atoms with Gasteiger partial charge in [0.15, 0.2) is 4.67 Å². The number of halogens is 1. The lowest BCUT2D eigenvalue weighted by molar-refractivity contribution is 0.0661. The maximum absolute atomic E-state index is 12.0. The summed E-state index contributed by atoms with van der Waals surface area (Å²) in [7, 11) is -3.76. The molecule has 0 aliphatic heterocycles. The van der Waals surface area contributed by atoms with Crippen molar-refractivity contribution >= 4 is 43.7 Å². The van der Waals surface area contributed by atoms with E-state index >= 15 is 0 Å². The van der Waals surface area contributed by atoms with Crippen LogP contribution >= 0.6 is 27.7 Å². The standard InChI is InChI=1S/C12H18BrNO5S2/c1-20-7-5-3-2-4-6-14-21(17,18)10-8-9(12(15)16)19-11(10)13/h8,14H,2-7H2,1H3,(H,15,16). The van der Waals surface area contributed by atoms with Gasteiger partial charge >= 0.3 is 5.97 Å². The predicted octanol–water partition coefficient (Wildman–Crippen LogP) is 2.94. The van der Waals surface area contributed by atoms with E-state index in [0.29, 0.717) is 6.54 Å². The maximum Gasteiger partial charge on any atom is 0.371 e. The summed E-state index contributed by atoms with van der Waals surface area (Å²) in [5, 5.41) is 8.77. The van der Waals surface area contributed by atoms with Gasteiger partial charge in [0.25, 0.3) is 0 Å². The first-order valence-corrected chi connectivity index (χ1v) is 10.1. The van der Waals surface area contributed by atoms with Crippen LogP contribution in [0.3, 0.4) is 0 Å². The molecular formula is C12H18BrNO5S2. The zero-order chi connectivity index (χ0) is 15.9. The number of carbonyl (C=O) groups is 1. The van der Waals surface area contributed by atoms with E-state index in [2.05, 4.69) is 26.9 Å². The number of thioether (sulfide) groups is 1. The normalized spacial score (nSPS) is 11.7. The molecule has 1 rings (SSSR count). The molecule has 1 aromatic heterocycles. The Hall–Kier alpha value is -0.510. The van der Waals surface area contributed by atoms with Crippen molar-refractivity contribution in [2.75, 3.05) is 18.6 Å². The number of carboxylic acids is 1. The van der Waals surface area contributed by atoms with Crippen LogP contribution in [0.15, 0.2) is 20.0 Å². The monoisotopic (exact) mass is 399 g/mol. The summed E-state index contributed by atoms with van der Waals surface area (Å²) in [6.07, 6.45) is 5.96. The molecule has 0 radical (unpaired) electrons. The average molecular weight is 400 g/mol. The molecule has 0 atom stereocenters. The van der Waals surface area contributed by atoms with E-state index in [1.165, 1.54) is 0 Å². The minimum absolute atomic E-state index is 0.104. The molecule has 0 fully saturated rings. The third-order valence-electron chi connectivity index (χ3n) is 2.72. The van der Waals surface area contributed by atoms with Crippen molar-refractivity contribution in [1.82, 2.24) is 4.72 Å². The fraction of sp³-hybridized carbons (Fsp3) is 0.583. The number of furan rings is 1. The van der Waals surface area contributed by atoms with Crippen LogP contribution in [-0.4, -0.2) is 38.0 Å². The second kappa shape index (κ2) is 8.82. The Balaban J connectivity index is 2.48. The highest BCUT2D eigenvalue weighted by Crippen LogP contribution is 2.26. The largest absolute Gasteiger partial charge is 0.475 e. The zero-order valence-corrected chi connectivity index (χ0v) is 14.8. The zero-order valence-electron chi connectivity index (χ0n) is 11.6. The smallest absolute Gasteiger partial charge is 0.371 e. The van der Waals surface area contributed by atoms with Crippen molar-refractivity contribution in [3.05, 3.63) is 16.5 Å². The number of carboxylic acid groups (broad SMARTS) is 1. The Morgan fingerprint density at radius 3 is 2.62 bits per heavy atom. The van der Waals surface area contributed by atoms with Gasteiger partial charge in [0.1, 0.15) is 4.90 Å². The van der Waals surface area contributed by atoms with Gasteiger partial charge in [0, 0.05) is 12.6 Å². The summed E-state index contributed by atoms with van der Waals surface area (Å²) in [6.45, 7) is 0.321. The lowest BCUT2D eigenvalue weighted by Crippen LogP contribution is -2.24. The molecule has 1 heterocycles. The first-order valence-electron chi connectivity index (χ1n) is 6.39. The molecule has 21 heavy (non-hydrogen) atoms. The number of unbranched alkanes of at least 4 members (excludes halogenated alkanes) is 3. The van der Waals surface area contributed by atoms with Crippen LogP contribution in [-0.2, 0) is 10.0 Å². The highest BCUT2D eigenvalue weighted by Gasteiger charge is 2.24. The quantitative estimate of drug-likeness (QED) is 0.587. The Morgan fingerprint density at radius 2 is 2.05 bits per heavy atom. The first kappa shape index (κ1) is 18.5. The van der Waals surface area contributed by atoms with Crippen molar-refractivity contribution in [3.63, 3.8) is 0 Å². The van der Waals surface area contributed by atoms with Gasteiger partial charge in [0.05, 0.1) is 0 Å². The van der Waals surface area contributed by atoms with E-state index in [4.69, 9.17) is 9.52 Å². The van der Waals surface area contributed by atoms with Crippen LogP contribution in [0.25, 0.3) is 0 Å². The summed E-state index contributed by atoms with van der Waals surface area (Å²) < 4.78 is 31.2. The van der Waals surface area contributed by atoms with Crippen LogP contribution in [0.1, 0.15) is 36.2 Å². The topological polar surface area (TPSA) is 96.6 Å². The van der Waals surface area contributed by atoms with Gasteiger partial charge in [0.2, 0.25) is 15.8 Å². The fourth-order valence-electron chi connectivity index (χ4n) is 1.65. The number of aromatic carboxylic acids is 1. The van der Waals surface area contributed by atoms with Crippen molar-refractivity contribution in [2.45, 2.75) is 30.6 Å². The molecule has 0 saturated carbocycles. The van der Waals surface area contributed by atoms with Crippen LogP contribution in [0, 0.1) is 0 Å². The van der Waals surface area contributed by atoms with Crippen molar-refractivity contribution in [1.29, 1.82) is 0 Å². The highest BCUT2D eigenvalue weighted by atomic mass is 79.9. The van der Waals surface area contributed by atoms with Gasteiger partial charge in [-0.25, -0.2) is 17.9 Å². The van der Waals surface area contributed by atoms with E-state index in [0.717, 1.165) is 37.5 Å². The summed E-state index contributed by atoms with van der Waals surface area (Å²) in [4.78, 5) is 10.6. The van der Waals surface area contributed by atoms with Gasteiger partial charge in [-0.1, -0.05) is 12.8 Å². The van der Waals surface area contributed by atoms with Crippen molar-refractivity contribution < 1.29 is 22.7 Å². The summed E-state index contributed by atoms with van der Waals surface area (Å²) in [5.41, 5.74) is 0. The Kier molecular flexibility index (Phi) is 7.78. The molecule has 2 N–H and O–H groups in total. The molecular weight excluding hydrogens is 382 g/mol. The molecule has 9 heteroatoms. The number of hydrogen-bond donors (Lipinski definition) is 2. The second-order valence-electron chi connectivity index (χ2n) is 4.36. The minimum atomic E-state index is -3.76. The molecule has 0 saturated heterocycles. The average Bonchev–Trinajstić information content (AvgIpc) is 2.81. The van der Waals surface area contributed by atoms with E-state index in [9.17, 15) is 13.2 Å². The van der Waals surface area contributed by atoms with Crippen LogP contribution in [0.5, 0.6) is 0 Å². The third-order valence-corrected chi connectivity index (χ3v) is 5.74. The third kappa shape index (κ3) is 6.01. The number of rotatable bonds is 10. The summed E-state index contributed by atoms with van der Waals surface area (Å²) in [6, 6.07) is 0.993. The molecule has 1 aromatic rings. The van der Waals surface area contributed by atoms with E-state index < -0.39 is 21.8 Å². The first-order chi connectivity index (χ1) is 9.88. The number of hydrogen-bond acceptors (Lipinski definition) is 5. The highest BCUT2D eigenvalue weighted by molar-refractivity contribution is 9.10. The van der Waals surface area contributed by atoms with Gasteiger partial charge in [-0.15, -0.1) is 0 Å². The fourth-order valence-corrected chi connectivity index (χ4v) is 4.15. The molecule has 6 nitrogen and oxygen atoms in total. The minimum Gasteiger partial charge on any atom is -0.475 e. The van der Waals surface area contributed by atoms with Crippen molar-refractivity contribution in [2.24, 2.45) is 0 Å². The molecule has 0 aromatic carbocycles. The molecule has 0 aliphatic carbocycles. The Labute approximate surface area is 136 Å². The van der Waals surface area contributed by atoms with Crippen LogP contribution in [0.2, 0.25) is 0 Å². The maximum atomic E-state index is 12.0. The van der Waals surface area contributed by atoms with Crippen molar-refractivity contribution in [3.8, 4) is 0 Å². The summed E-state index contributed by atoms with van der Waals surface area (Å²) >= 11 is 4.72. The molecule has 0 aliphatic rings. The van der Waals surface area contributed by atoms with Gasteiger partial charge in [-0.05, 0) is 40.8 Å². The van der Waals surface area contributed by atoms with Crippen LogP contribution < -0.4 is 4.72 Å². The Bertz CT molecular complexity index is 570. The van der Waals surface area contributed by atoms with Gasteiger partial charge in [-0.3, -0.25) is 0 Å². The summed E-state index contributed by atoms with van der Waals surface area (Å²) in [5.74, 6) is -0.615. The van der Waals surface area contributed by atoms with E-state index in [1.54, 1.807) is 11.8 Å². The predicted molar refractivity (Wildman–Crippen MR) is 85.4 cm³/mol. The number of nitrogens with one attached hydrogen (secondary N) is 1. The lowest BCUT2D eigenvalue weighted by Gasteiger charge is -2.05. The molecule has 120 valence electrons. The lowest BCUT2D eigenvalue weighted by atomic mass is 10.2. The molecule has 0 spiro atoms. The van der Waals surface area contributed by atoms with Gasteiger partial charge in [-0.2, -0.15) is 11.8 Å². The molecule has 0 bridgehead atoms. The molecule has 0 unspecified atom stereocenters. The van der Waals surface area contributed by atoms with E-state index in [1.807, 2.05) is 0 Å². The second-order valence-corrected chi connectivity index (χ2v) is 7.80. The SMILES string of the molecule is CSCCCCCCNS(=O)(=O)c1cc(C(=O)O)oc1Br. The van der Waals surface area contributed by atoms with Crippen LogP contribution in [0.4, 0.5) is 0 Å².